The van der Waals surface area contributed by atoms with Gasteiger partial charge < -0.3 is 15.3 Å². The van der Waals surface area contributed by atoms with Crippen molar-refractivity contribution in [3.63, 3.8) is 0 Å². The van der Waals surface area contributed by atoms with Crippen molar-refractivity contribution in [1.29, 1.82) is 0 Å². The van der Waals surface area contributed by atoms with E-state index in [0.29, 0.717) is 0 Å². The summed E-state index contributed by atoms with van der Waals surface area (Å²) in [6.45, 7) is 6.03. The highest BCUT2D eigenvalue weighted by atomic mass is 19.4. The van der Waals surface area contributed by atoms with E-state index in [1.54, 1.807) is 18.3 Å². The van der Waals surface area contributed by atoms with Crippen LogP contribution in [0, 0.1) is 5.82 Å². The van der Waals surface area contributed by atoms with Crippen LogP contribution in [0.15, 0.2) is 60.8 Å². The number of anilines is 2. The van der Waals surface area contributed by atoms with E-state index in [1.165, 1.54) is 11.8 Å². The van der Waals surface area contributed by atoms with Crippen molar-refractivity contribution in [2.45, 2.75) is 6.18 Å². The van der Waals surface area contributed by atoms with Crippen LogP contribution in [0.2, 0.25) is 0 Å². The summed E-state index contributed by atoms with van der Waals surface area (Å²) in [6.07, 6.45) is -3.36. The number of carbonyl (C=O) groups is 1. The molecule has 0 unspecified atom stereocenters. The first-order chi connectivity index (χ1) is 15.7. The second-order valence-electron chi connectivity index (χ2n) is 7.42. The highest BCUT2D eigenvalue weighted by Crippen LogP contribution is 2.22. The molecule has 4 rings (SSSR count). The first kappa shape index (κ1) is 24.2. The Labute approximate surface area is 188 Å². The van der Waals surface area contributed by atoms with Crippen LogP contribution in [0.5, 0.6) is 0 Å². The zero-order valence-electron chi connectivity index (χ0n) is 17.7. The van der Waals surface area contributed by atoms with E-state index in [1.807, 2.05) is 6.07 Å². The molecular formula is C23H24F4N4O2. The summed E-state index contributed by atoms with van der Waals surface area (Å²) in [5.74, 6) is -2.15. The summed E-state index contributed by atoms with van der Waals surface area (Å²) < 4.78 is 45.1. The third-order valence-electron chi connectivity index (χ3n) is 5.18. The number of benzene rings is 2. The van der Waals surface area contributed by atoms with Crippen molar-refractivity contribution in [3.8, 4) is 0 Å². The molecule has 176 valence electrons. The van der Waals surface area contributed by atoms with Crippen molar-refractivity contribution in [3.05, 3.63) is 66.6 Å². The minimum absolute atomic E-state index is 0.217. The van der Waals surface area contributed by atoms with Gasteiger partial charge in [-0.3, -0.25) is 4.90 Å². The molecule has 0 spiro atoms. The number of nitrogens with one attached hydrogen (secondary N) is 1. The Hall–Kier alpha value is -3.40. The van der Waals surface area contributed by atoms with Gasteiger partial charge in [-0.05, 0) is 41.8 Å². The van der Waals surface area contributed by atoms with Crippen molar-refractivity contribution in [2.24, 2.45) is 0 Å². The number of halogens is 4. The maximum absolute atomic E-state index is 13.4. The summed E-state index contributed by atoms with van der Waals surface area (Å²) >= 11 is 0. The van der Waals surface area contributed by atoms with Gasteiger partial charge in [0.15, 0.2) is 0 Å². The SMILES string of the molecule is Fc1ccc2c(NCCN3CCN(c4ccccc4)CC3)nccc2c1.O=C(O)C(F)(F)F. The Bertz CT molecular complexity index is 1060. The molecule has 0 amide bonds. The lowest BCUT2D eigenvalue weighted by molar-refractivity contribution is -0.192. The molecule has 0 radical (unpaired) electrons. The van der Waals surface area contributed by atoms with E-state index in [-0.39, 0.29) is 5.82 Å². The van der Waals surface area contributed by atoms with Crippen LogP contribution in [-0.4, -0.2) is 66.4 Å². The lowest BCUT2D eigenvalue weighted by Crippen LogP contribution is -2.47. The number of nitrogens with zero attached hydrogens (tertiary/aromatic N) is 3. The third kappa shape index (κ3) is 7.04. The molecule has 33 heavy (non-hydrogen) atoms. The highest BCUT2D eigenvalue weighted by molar-refractivity contribution is 5.91. The van der Waals surface area contributed by atoms with E-state index in [0.717, 1.165) is 55.9 Å². The van der Waals surface area contributed by atoms with Crippen molar-refractivity contribution < 1.29 is 27.5 Å². The normalized spacial score (nSPS) is 14.5. The van der Waals surface area contributed by atoms with Crippen LogP contribution in [0.1, 0.15) is 0 Å². The smallest absolute Gasteiger partial charge is 0.475 e. The predicted molar refractivity (Wildman–Crippen MR) is 119 cm³/mol. The molecule has 1 aliphatic rings. The lowest BCUT2D eigenvalue weighted by Gasteiger charge is -2.36. The first-order valence-electron chi connectivity index (χ1n) is 10.3. The van der Waals surface area contributed by atoms with Gasteiger partial charge in [0, 0.05) is 56.5 Å². The van der Waals surface area contributed by atoms with Crippen LogP contribution >= 0.6 is 0 Å². The quantitative estimate of drug-likeness (QED) is 0.551. The number of aromatic nitrogens is 1. The summed E-state index contributed by atoms with van der Waals surface area (Å²) in [5.41, 5.74) is 1.30. The van der Waals surface area contributed by atoms with Crippen LogP contribution in [0.4, 0.5) is 29.1 Å². The van der Waals surface area contributed by atoms with E-state index in [4.69, 9.17) is 9.90 Å². The van der Waals surface area contributed by atoms with Gasteiger partial charge >= 0.3 is 12.1 Å². The van der Waals surface area contributed by atoms with Crippen LogP contribution in [-0.2, 0) is 4.79 Å². The Morgan fingerprint density at radius 1 is 1.03 bits per heavy atom. The second-order valence-corrected chi connectivity index (χ2v) is 7.42. The van der Waals surface area contributed by atoms with Gasteiger partial charge in [0.25, 0.3) is 0 Å². The van der Waals surface area contributed by atoms with Gasteiger partial charge in [-0.25, -0.2) is 14.2 Å². The number of fused-ring (bicyclic) bond motifs is 1. The number of alkyl halides is 3. The van der Waals surface area contributed by atoms with Crippen molar-refractivity contribution in [1.82, 2.24) is 9.88 Å². The number of hydrogen-bond acceptors (Lipinski definition) is 5. The summed E-state index contributed by atoms with van der Waals surface area (Å²) in [6, 6.07) is 17.2. The molecule has 2 aromatic carbocycles. The zero-order chi connectivity index (χ0) is 23.8. The molecule has 10 heteroatoms. The maximum Gasteiger partial charge on any atom is 0.490 e. The molecule has 3 aromatic rings. The number of para-hydroxylation sites is 1. The number of aliphatic carboxylic acids is 1. The number of piperazine rings is 1. The first-order valence-corrected chi connectivity index (χ1v) is 10.3. The second kappa shape index (κ2) is 11.0. The van der Waals surface area contributed by atoms with E-state index in [2.05, 4.69) is 50.4 Å². The number of rotatable bonds is 5. The fraction of sp³-hybridized carbons (Fsp3) is 0.304. The molecule has 0 atom stereocenters. The van der Waals surface area contributed by atoms with Crippen LogP contribution in [0.3, 0.4) is 0 Å². The average Bonchev–Trinajstić information content (AvgIpc) is 2.80. The Kier molecular flexibility index (Phi) is 8.05. The summed E-state index contributed by atoms with van der Waals surface area (Å²) in [4.78, 5) is 18.2. The van der Waals surface area contributed by atoms with Gasteiger partial charge in [0.1, 0.15) is 11.6 Å². The van der Waals surface area contributed by atoms with Gasteiger partial charge in [-0.15, -0.1) is 0 Å². The fourth-order valence-electron chi connectivity index (χ4n) is 3.49. The molecule has 1 aromatic heterocycles. The highest BCUT2D eigenvalue weighted by Gasteiger charge is 2.38. The zero-order valence-corrected chi connectivity index (χ0v) is 17.7. The molecule has 1 saturated heterocycles. The molecule has 0 aliphatic carbocycles. The van der Waals surface area contributed by atoms with E-state index in [9.17, 15) is 17.6 Å². The van der Waals surface area contributed by atoms with Gasteiger partial charge in [-0.1, -0.05) is 18.2 Å². The monoisotopic (exact) mass is 464 g/mol. The fourth-order valence-corrected chi connectivity index (χ4v) is 3.49. The van der Waals surface area contributed by atoms with Crippen molar-refractivity contribution in [2.75, 3.05) is 49.5 Å². The largest absolute Gasteiger partial charge is 0.490 e. The van der Waals surface area contributed by atoms with Gasteiger partial charge in [-0.2, -0.15) is 13.2 Å². The van der Waals surface area contributed by atoms with Crippen LogP contribution in [0.25, 0.3) is 10.8 Å². The maximum atomic E-state index is 13.4. The molecule has 1 aliphatic heterocycles. The van der Waals surface area contributed by atoms with Gasteiger partial charge in [0.05, 0.1) is 0 Å². The number of hydrogen-bond donors (Lipinski definition) is 2. The molecule has 1 fully saturated rings. The predicted octanol–water partition coefficient (Wildman–Crippen LogP) is 4.24. The third-order valence-corrected chi connectivity index (χ3v) is 5.18. The summed E-state index contributed by atoms with van der Waals surface area (Å²) in [7, 11) is 0. The lowest BCUT2D eigenvalue weighted by atomic mass is 10.1. The molecule has 0 bridgehead atoms. The minimum atomic E-state index is -5.08. The number of carboxylic acids is 1. The standard InChI is InChI=1S/C21H23FN4.C2HF3O2/c22-18-6-7-20-17(16-18)8-9-23-21(20)24-10-11-25-12-14-26(15-13-25)19-4-2-1-3-5-19;3-2(4,5)1(6)7/h1-9,16H,10-15H2,(H,23,24);(H,6,7). The van der Waals surface area contributed by atoms with Crippen LogP contribution < -0.4 is 10.2 Å². The number of carboxylic acid groups (broad SMARTS) is 1. The Morgan fingerprint density at radius 3 is 2.33 bits per heavy atom. The van der Waals surface area contributed by atoms with E-state index < -0.39 is 12.1 Å². The Balaban J connectivity index is 0.000000383. The minimum Gasteiger partial charge on any atom is -0.475 e. The molecule has 2 N–H and O–H groups in total. The van der Waals surface area contributed by atoms with E-state index >= 15 is 0 Å². The Morgan fingerprint density at radius 2 is 1.70 bits per heavy atom. The summed E-state index contributed by atoms with van der Waals surface area (Å²) in [5, 5.41) is 12.4. The number of pyridine rings is 1. The molecule has 0 saturated carbocycles. The molecule has 2 heterocycles. The average molecular weight is 464 g/mol. The topological polar surface area (TPSA) is 68.7 Å². The molecule has 6 nitrogen and oxygen atoms in total. The molecular weight excluding hydrogens is 440 g/mol. The van der Waals surface area contributed by atoms with Gasteiger partial charge in [0.2, 0.25) is 0 Å². The van der Waals surface area contributed by atoms with Crippen molar-refractivity contribution >= 4 is 28.2 Å².